The van der Waals surface area contributed by atoms with Crippen molar-refractivity contribution in [2.75, 3.05) is 6.54 Å². The van der Waals surface area contributed by atoms with E-state index in [1.54, 1.807) is 0 Å². The van der Waals surface area contributed by atoms with E-state index in [0.717, 1.165) is 24.3 Å². The second-order valence-corrected chi connectivity index (χ2v) is 7.33. The van der Waals surface area contributed by atoms with Gasteiger partial charge in [-0.2, -0.15) is 0 Å². The molecule has 1 aromatic carbocycles. The third-order valence-electron chi connectivity index (χ3n) is 5.62. The van der Waals surface area contributed by atoms with Gasteiger partial charge in [0.1, 0.15) is 0 Å². The fraction of sp³-hybridized carbons (Fsp3) is 0.700. The molecule has 1 saturated carbocycles. The first-order valence-electron chi connectivity index (χ1n) is 8.80. The summed E-state index contributed by atoms with van der Waals surface area (Å²) >= 11 is 0. The van der Waals surface area contributed by atoms with E-state index in [4.69, 9.17) is 0 Å². The van der Waals surface area contributed by atoms with Gasteiger partial charge in [0.25, 0.3) is 0 Å². The lowest BCUT2D eigenvalue weighted by Gasteiger charge is -2.37. The van der Waals surface area contributed by atoms with E-state index < -0.39 is 0 Å². The van der Waals surface area contributed by atoms with Crippen LogP contribution in [0.5, 0.6) is 0 Å². The number of hydrogen-bond donors (Lipinski definition) is 1. The van der Waals surface area contributed by atoms with Crippen molar-refractivity contribution >= 4 is 0 Å². The predicted octanol–water partition coefficient (Wildman–Crippen LogP) is 4.90. The molecule has 1 heteroatoms. The van der Waals surface area contributed by atoms with Crippen molar-refractivity contribution < 1.29 is 0 Å². The highest BCUT2D eigenvalue weighted by Crippen LogP contribution is 2.36. The molecule has 0 spiro atoms. The largest absolute Gasteiger partial charge is 0.314 e. The smallest absolute Gasteiger partial charge is 0.0136 e. The Balaban J connectivity index is 2.10. The lowest BCUT2D eigenvalue weighted by Crippen LogP contribution is -2.41. The number of rotatable bonds is 5. The number of benzene rings is 1. The highest BCUT2D eigenvalue weighted by molar-refractivity contribution is 5.31. The Morgan fingerprint density at radius 3 is 2.57 bits per heavy atom. The van der Waals surface area contributed by atoms with Crippen LogP contribution in [0.2, 0.25) is 0 Å². The van der Waals surface area contributed by atoms with Crippen LogP contribution in [0.4, 0.5) is 0 Å². The Morgan fingerprint density at radius 2 is 1.90 bits per heavy atom. The fourth-order valence-electron chi connectivity index (χ4n) is 3.88. The number of likely N-dealkylation sites (N-methyl/N-ethyl adjacent to an activating group) is 1. The normalized spacial score (nSPS) is 27.6. The second kappa shape index (κ2) is 7.45. The van der Waals surface area contributed by atoms with Gasteiger partial charge < -0.3 is 5.32 Å². The van der Waals surface area contributed by atoms with Crippen LogP contribution in [0.15, 0.2) is 18.2 Å². The van der Waals surface area contributed by atoms with Crippen LogP contribution < -0.4 is 5.32 Å². The van der Waals surface area contributed by atoms with Crippen molar-refractivity contribution in [3.63, 3.8) is 0 Å². The topological polar surface area (TPSA) is 12.0 Å². The van der Waals surface area contributed by atoms with Crippen LogP contribution in [-0.2, 0) is 6.42 Å². The highest BCUT2D eigenvalue weighted by Gasteiger charge is 2.30. The summed E-state index contributed by atoms with van der Waals surface area (Å²) in [4.78, 5) is 0. The number of nitrogens with one attached hydrogen (secondary N) is 1. The summed E-state index contributed by atoms with van der Waals surface area (Å²) in [7, 11) is 0. The van der Waals surface area contributed by atoms with Gasteiger partial charge in [-0.15, -0.1) is 0 Å². The maximum Gasteiger partial charge on any atom is 0.0136 e. The molecule has 21 heavy (non-hydrogen) atoms. The van der Waals surface area contributed by atoms with Gasteiger partial charge in [-0.05, 0) is 68.5 Å². The van der Waals surface area contributed by atoms with E-state index in [-0.39, 0.29) is 0 Å². The lowest BCUT2D eigenvalue weighted by molar-refractivity contribution is 0.171. The van der Waals surface area contributed by atoms with Gasteiger partial charge in [0, 0.05) is 6.04 Å². The summed E-state index contributed by atoms with van der Waals surface area (Å²) in [6, 6.07) is 7.53. The Bertz CT molecular complexity index is 451. The third-order valence-corrected chi connectivity index (χ3v) is 5.62. The quantitative estimate of drug-likeness (QED) is 0.812. The molecule has 0 aliphatic heterocycles. The van der Waals surface area contributed by atoms with Crippen molar-refractivity contribution in [1.82, 2.24) is 5.32 Å². The standard InChI is InChI=1S/C20H33N/c1-6-21-20(18-10-9-15(3)17(5)12-18)13-19-11-14(2)7-8-16(19)4/h7-8,11,15,17-18,20-21H,6,9-10,12-13H2,1-5H3. The molecule has 1 aliphatic carbocycles. The molecule has 1 aliphatic rings. The molecule has 118 valence electrons. The van der Waals surface area contributed by atoms with Gasteiger partial charge in [0.15, 0.2) is 0 Å². The van der Waals surface area contributed by atoms with Gasteiger partial charge in [0.05, 0.1) is 0 Å². The SMILES string of the molecule is CCNC(Cc1cc(C)ccc1C)C1CCC(C)C(C)C1. The zero-order chi connectivity index (χ0) is 15.4. The van der Waals surface area contributed by atoms with Gasteiger partial charge >= 0.3 is 0 Å². The zero-order valence-corrected chi connectivity index (χ0v) is 14.6. The van der Waals surface area contributed by atoms with E-state index in [2.05, 4.69) is 58.1 Å². The van der Waals surface area contributed by atoms with E-state index in [0.29, 0.717) is 6.04 Å². The predicted molar refractivity (Wildman–Crippen MR) is 92.8 cm³/mol. The summed E-state index contributed by atoms with van der Waals surface area (Å²) in [5, 5.41) is 3.78. The monoisotopic (exact) mass is 287 g/mol. The van der Waals surface area contributed by atoms with Crippen LogP contribution in [0.1, 0.15) is 56.7 Å². The molecule has 0 aromatic heterocycles. The molecule has 1 fully saturated rings. The third kappa shape index (κ3) is 4.32. The number of aryl methyl sites for hydroxylation is 2. The van der Waals surface area contributed by atoms with Crippen molar-refractivity contribution in [2.45, 2.75) is 66.3 Å². The first-order chi connectivity index (χ1) is 10.0. The maximum atomic E-state index is 3.78. The summed E-state index contributed by atoms with van der Waals surface area (Å²) in [6.07, 6.45) is 5.38. The van der Waals surface area contributed by atoms with Gasteiger partial charge in [-0.1, -0.05) is 51.0 Å². The fourth-order valence-corrected chi connectivity index (χ4v) is 3.88. The Kier molecular flexibility index (Phi) is 5.87. The van der Waals surface area contributed by atoms with Gasteiger partial charge in [0.2, 0.25) is 0 Å². The highest BCUT2D eigenvalue weighted by atomic mass is 14.9. The maximum absolute atomic E-state index is 3.78. The van der Waals surface area contributed by atoms with E-state index in [9.17, 15) is 0 Å². The Labute approximate surface area is 131 Å². The van der Waals surface area contributed by atoms with Crippen molar-refractivity contribution in [2.24, 2.45) is 17.8 Å². The van der Waals surface area contributed by atoms with Gasteiger partial charge in [-0.3, -0.25) is 0 Å². The van der Waals surface area contributed by atoms with Crippen molar-refractivity contribution in [3.05, 3.63) is 34.9 Å². The summed E-state index contributed by atoms with van der Waals surface area (Å²) in [5.74, 6) is 2.63. The molecular weight excluding hydrogens is 254 g/mol. The molecule has 1 nitrogen and oxygen atoms in total. The Morgan fingerprint density at radius 1 is 1.14 bits per heavy atom. The molecule has 1 aromatic rings. The molecule has 0 heterocycles. The molecule has 0 bridgehead atoms. The van der Waals surface area contributed by atoms with Crippen LogP contribution in [-0.4, -0.2) is 12.6 Å². The summed E-state index contributed by atoms with van der Waals surface area (Å²) < 4.78 is 0. The lowest BCUT2D eigenvalue weighted by atomic mass is 9.72. The van der Waals surface area contributed by atoms with Crippen molar-refractivity contribution in [1.29, 1.82) is 0 Å². The molecule has 4 unspecified atom stereocenters. The number of hydrogen-bond acceptors (Lipinski definition) is 1. The van der Waals surface area contributed by atoms with E-state index in [1.807, 2.05) is 0 Å². The molecule has 4 atom stereocenters. The minimum atomic E-state index is 0.644. The average Bonchev–Trinajstić information content (AvgIpc) is 2.45. The molecule has 2 rings (SSSR count). The van der Waals surface area contributed by atoms with Crippen LogP contribution in [0.25, 0.3) is 0 Å². The minimum Gasteiger partial charge on any atom is -0.314 e. The zero-order valence-electron chi connectivity index (χ0n) is 14.6. The van der Waals surface area contributed by atoms with Crippen LogP contribution in [0, 0.1) is 31.6 Å². The molecule has 1 N–H and O–H groups in total. The average molecular weight is 287 g/mol. The molecule has 0 saturated heterocycles. The Hall–Kier alpha value is -0.820. The first kappa shape index (κ1) is 16.5. The van der Waals surface area contributed by atoms with Crippen LogP contribution in [0.3, 0.4) is 0 Å². The van der Waals surface area contributed by atoms with E-state index in [1.165, 1.54) is 42.4 Å². The minimum absolute atomic E-state index is 0.644. The summed E-state index contributed by atoms with van der Waals surface area (Å²) in [6.45, 7) is 12.6. The second-order valence-electron chi connectivity index (χ2n) is 7.33. The van der Waals surface area contributed by atoms with Gasteiger partial charge in [-0.25, -0.2) is 0 Å². The molecule has 0 amide bonds. The summed E-state index contributed by atoms with van der Waals surface area (Å²) in [5.41, 5.74) is 4.37. The molecular formula is C20H33N. The van der Waals surface area contributed by atoms with E-state index >= 15 is 0 Å². The van der Waals surface area contributed by atoms with Crippen molar-refractivity contribution in [3.8, 4) is 0 Å². The first-order valence-corrected chi connectivity index (χ1v) is 8.80. The molecule has 0 radical (unpaired) electrons. The van der Waals surface area contributed by atoms with Crippen LogP contribution >= 0.6 is 0 Å².